The van der Waals surface area contributed by atoms with Crippen molar-refractivity contribution >= 4 is 21.7 Å². The molecule has 21 heavy (non-hydrogen) atoms. The van der Waals surface area contributed by atoms with Crippen LogP contribution in [0.2, 0.25) is 0 Å². The van der Waals surface area contributed by atoms with Crippen LogP contribution in [0.4, 0.5) is 0 Å². The van der Waals surface area contributed by atoms with Crippen LogP contribution in [0.15, 0.2) is 46.7 Å². The lowest BCUT2D eigenvalue weighted by atomic mass is 10.3. The number of sulfone groups is 1. The Morgan fingerprint density at radius 2 is 1.90 bits per heavy atom. The van der Waals surface area contributed by atoms with Crippen molar-refractivity contribution in [1.29, 1.82) is 0 Å². The summed E-state index contributed by atoms with van der Waals surface area (Å²) >= 11 is 0. The van der Waals surface area contributed by atoms with Crippen LogP contribution < -0.4 is 5.32 Å². The second-order valence-electron chi connectivity index (χ2n) is 4.59. The molecule has 1 saturated heterocycles. The maximum absolute atomic E-state index is 12.0. The molecule has 6 nitrogen and oxygen atoms in total. The van der Waals surface area contributed by atoms with E-state index in [4.69, 9.17) is 0 Å². The van der Waals surface area contributed by atoms with Crippen LogP contribution in [0.5, 0.6) is 0 Å². The first-order valence-corrected chi connectivity index (χ1v) is 8.07. The zero-order chi connectivity index (χ0) is 15.3. The molecule has 1 fully saturated rings. The normalized spacial score (nSPS) is 16.6. The molecule has 2 rings (SSSR count). The van der Waals surface area contributed by atoms with Gasteiger partial charge >= 0.3 is 0 Å². The highest BCUT2D eigenvalue weighted by Crippen LogP contribution is 2.11. The largest absolute Gasteiger partial charge is 0.354 e. The minimum atomic E-state index is -3.62. The molecule has 0 bridgehead atoms. The topological polar surface area (TPSA) is 83.6 Å². The minimum Gasteiger partial charge on any atom is -0.354 e. The number of amides is 2. The van der Waals surface area contributed by atoms with Crippen molar-refractivity contribution in [2.45, 2.75) is 11.3 Å². The van der Waals surface area contributed by atoms with E-state index in [1.54, 1.807) is 18.2 Å². The Hall–Kier alpha value is -2.15. The molecule has 0 aromatic heterocycles. The smallest absolute Gasteiger partial charge is 0.247 e. The Balaban J connectivity index is 2.06. The van der Waals surface area contributed by atoms with Crippen molar-refractivity contribution in [2.24, 2.45) is 0 Å². The third kappa shape index (κ3) is 4.16. The molecule has 2 amide bonds. The van der Waals surface area contributed by atoms with E-state index >= 15 is 0 Å². The zero-order valence-corrected chi connectivity index (χ0v) is 12.2. The highest BCUT2D eigenvalue weighted by atomic mass is 32.2. The molecular formula is C14H16N2O4S. The van der Waals surface area contributed by atoms with Gasteiger partial charge in [0.2, 0.25) is 11.8 Å². The maximum atomic E-state index is 12.0. The van der Waals surface area contributed by atoms with E-state index in [0.717, 1.165) is 11.5 Å². The van der Waals surface area contributed by atoms with Gasteiger partial charge in [0, 0.05) is 37.5 Å². The van der Waals surface area contributed by atoms with Crippen LogP contribution >= 0.6 is 0 Å². The molecule has 1 heterocycles. The van der Waals surface area contributed by atoms with E-state index in [2.05, 4.69) is 5.32 Å². The number of nitrogens with zero attached hydrogens (tertiary/aromatic N) is 1. The highest BCUT2D eigenvalue weighted by molar-refractivity contribution is 7.94. The third-order valence-electron chi connectivity index (χ3n) is 3.09. The van der Waals surface area contributed by atoms with Gasteiger partial charge < -0.3 is 10.2 Å². The standard InChI is InChI=1S/C14H16N2O4S/c17-13-6-9-16(10-8-15-13)14(18)7-11-21(19,20)12-4-2-1-3-5-12/h1-5,7,11H,6,8-10H2,(H,15,17). The second kappa shape index (κ2) is 6.53. The quantitative estimate of drug-likeness (QED) is 0.815. The summed E-state index contributed by atoms with van der Waals surface area (Å²) in [4.78, 5) is 24.8. The number of carbonyl (C=O) groups is 2. The molecule has 112 valence electrons. The Morgan fingerprint density at radius 1 is 1.19 bits per heavy atom. The Kier molecular flexibility index (Phi) is 4.74. The number of rotatable bonds is 3. The van der Waals surface area contributed by atoms with Gasteiger partial charge in [-0.1, -0.05) is 18.2 Å². The Bertz CT molecular complexity index is 653. The molecule has 0 aliphatic carbocycles. The van der Waals surface area contributed by atoms with E-state index in [9.17, 15) is 18.0 Å². The summed E-state index contributed by atoms with van der Waals surface area (Å²) in [6, 6.07) is 7.90. The summed E-state index contributed by atoms with van der Waals surface area (Å²) < 4.78 is 24.0. The first kappa shape index (κ1) is 15.2. The van der Waals surface area contributed by atoms with E-state index in [-0.39, 0.29) is 17.2 Å². The lowest BCUT2D eigenvalue weighted by molar-refractivity contribution is -0.126. The molecule has 1 aromatic rings. The molecule has 0 unspecified atom stereocenters. The van der Waals surface area contributed by atoms with Crippen molar-refractivity contribution in [3.63, 3.8) is 0 Å². The van der Waals surface area contributed by atoms with Crippen molar-refractivity contribution < 1.29 is 18.0 Å². The molecule has 1 aliphatic heterocycles. The van der Waals surface area contributed by atoms with E-state index in [1.165, 1.54) is 17.0 Å². The van der Waals surface area contributed by atoms with Gasteiger partial charge in [0.1, 0.15) is 0 Å². The maximum Gasteiger partial charge on any atom is 0.247 e. The lowest BCUT2D eigenvalue weighted by Gasteiger charge is -2.16. The fraction of sp³-hybridized carbons (Fsp3) is 0.286. The summed E-state index contributed by atoms with van der Waals surface area (Å²) in [5.41, 5.74) is 0. The average molecular weight is 308 g/mol. The SMILES string of the molecule is O=C1CCN(C(=O)C=CS(=O)(=O)c2ccccc2)CCN1. The third-order valence-corrected chi connectivity index (χ3v) is 4.51. The van der Waals surface area contributed by atoms with Crippen LogP contribution in [0.3, 0.4) is 0 Å². The van der Waals surface area contributed by atoms with Gasteiger partial charge in [-0.2, -0.15) is 0 Å². The van der Waals surface area contributed by atoms with E-state index in [1.807, 2.05) is 0 Å². The number of hydrogen-bond acceptors (Lipinski definition) is 4. The fourth-order valence-corrected chi connectivity index (χ4v) is 2.92. The fourth-order valence-electron chi connectivity index (χ4n) is 1.93. The number of hydrogen-bond donors (Lipinski definition) is 1. The summed E-state index contributed by atoms with van der Waals surface area (Å²) in [5.74, 6) is -0.516. The van der Waals surface area contributed by atoms with Crippen molar-refractivity contribution in [1.82, 2.24) is 10.2 Å². The minimum absolute atomic E-state index is 0.105. The molecule has 7 heteroatoms. The van der Waals surface area contributed by atoms with Crippen LogP contribution in [0.25, 0.3) is 0 Å². The van der Waals surface area contributed by atoms with Crippen LogP contribution in [-0.2, 0) is 19.4 Å². The van der Waals surface area contributed by atoms with Gasteiger partial charge in [-0.25, -0.2) is 8.42 Å². The average Bonchev–Trinajstić information content (AvgIpc) is 2.70. The predicted molar refractivity (Wildman–Crippen MR) is 77.0 cm³/mol. The van der Waals surface area contributed by atoms with E-state index in [0.29, 0.717) is 19.6 Å². The monoisotopic (exact) mass is 308 g/mol. The van der Waals surface area contributed by atoms with E-state index < -0.39 is 15.7 Å². The second-order valence-corrected chi connectivity index (χ2v) is 6.42. The molecule has 0 radical (unpaired) electrons. The van der Waals surface area contributed by atoms with Gasteiger partial charge in [-0.3, -0.25) is 9.59 Å². The first-order valence-electron chi connectivity index (χ1n) is 6.53. The van der Waals surface area contributed by atoms with Gasteiger partial charge in [-0.05, 0) is 12.1 Å². The Morgan fingerprint density at radius 3 is 2.62 bits per heavy atom. The number of benzene rings is 1. The van der Waals surface area contributed by atoms with Gasteiger partial charge in [0.15, 0.2) is 9.84 Å². The number of nitrogens with one attached hydrogen (secondary N) is 1. The number of carbonyl (C=O) groups excluding carboxylic acids is 2. The molecule has 0 spiro atoms. The Labute approximate surface area is 123 Å². The van der Waals surface area contributed by atoms with Gasteiger partial charge in [0.05, 0.1) is 4.90 Å². The predicted octanol–water partition coefficient (Wildman–Crippen LogP) is 0.323. The molecule has 0 atom stereocenters. The highest BCUT2D eigenvalue weighted by Gasteiger charge is 2.17. The summed E-state index contributed by atoms with van der Waals surface area (Å²) in [7, 11) is -3.62. The van der Waals surface area contributed by atoms with Crippen molar-refractivity contribution in [3.8, 4) is 0 Å². The summed E-state index contributed by atoms with van der Waals surface area (Å²) in [5, 5.41) is 3.56. The van der Waals surface area contributed by atoms with Gasteiger partial charge in [0.25, 0.3) is 0 Å². The molecule has 1 N–H and O–H groups in total. The van der Waals surface area contributed by atoms with Crippen LogP contribution in [-0.4, -0.2) is 44.8 Å². The molecule has 1 aliphatic rings. The van der Waals surface area contributed by atoms with Crippen LogP contribution in [0.1, 0.15) is 6.42 Å². The lowest BCUT2D eigenvalue weighted by Crippen LogP contribution is -2.33. The summed E-state index contributed by atoms with van der Waals surface area (Å²) in [6.45, 7) is 1.05. The van der Waals surface area contributed by atoms with Crippen molar-refractivity contribution in [3.05, 3.63) is 41.8 Å². The first-order chi connectivity index (χ1) is 9.99. The zero-order valence-electron chi connectivity index (χ0n) is 11.4. The summed E-state index contributed by atoms with van der Waals surface area (Å²) in [6.07, 6.45) is 1.27. The van der Waals surface area contributed by atoms with Crippen molar-refractivity contribution in [2.75, 3.05) is 19.6 Å². The molecular weight excluding hydrogens is 292 g/mol. The molecule has 0 saturated carbocycles. The van der Waals surface area contributed by atoms with Crippen LogP contribution in [0, 0.1) is 0 Å². The molecule has 1 aromatic carbocycles. The van der Waals surface area contributed by atoms with Gasteiger partial charge in [-0.15, -0.1) is 0 Å².